The summed E-state index contributed by atoms with van der Waals surface area (Å²) in [5, 5.41) is 4.56. The quantitative estimate of drug-likeness (QED) is 0.887. The molecule has 1 saturated heterocycles. The highest BCUT2D eigenvalue weighted by molar-refractivity contribution is 5.67. The van der Waals surface area contributed by atoms with E-state index < -0.39 is 0 Å². The maximum absolute atomic E-state index is 6.29. The van der Waals surface area contributed by atoms with Gasteiger partial charge < -0.3 is 15.4 Å². The zero-order chi connectivity index (χ0) is 14.0. The molecule has 2 N–H and O–H groups in total. The van der Waals surface area contributed by atoms with Gasteiger partial charge in [0.15, 0.2) is 5.82 Å². The lowest BCUT2D eigenvalue weighted by atomic mass is 10.1. The lowest BCUT2D eigenvalue weighted by molar-refractivity contribution is 0.115. The van der Waals surface area contributed by atoms with Gasteiger partial charge in [-0.2, -0.15) is 5.10 Å². The highest BCUT2D eigenvalue weighted by atomic mass is 16.5. The van der Waals surface area contributed by atoms with E-state index in [1.807, 2.05) is 11.7 Å². The van der Waals surface area contributed by atoms with Gasteiger partial charge in [-0.3, -0.25) is 4.68 Å². The normalized spacial score (nSPS) is 19.3. The molecule has 1 aromatic rings. The van der Waals surface area contributed by atoms with Gasteiger partial charge >= 0.3 is 0 Å². The number of rotatable bonds is 5. The topological polar surface area (TPSA) is 56.3 Å². The fourth-order valence-corrected chi connectivity index (χ4v) is 2.75. The molecule has 1 aliphatic heterocycles. The Balaban J connectivity index is 2.22. The van der Waals surface area contributed by atoms with Crippen molar-refractivity contribution in [3.05, 3.63) is 5.69 Å². The standard InChI is InChI=1S/C14H26N4O/c1-5-18(9-11-7-6-8-19-11)14-12(15)13(10(2)3)16-17(14)4/h10-11H,5-9,15H2,1-4H3. The maximum Gasteiger partial charge on any atom is 0.150 e. The largest absolute Gasteiger partial charge is 0.394 e. The monoisotopic (exact) mass is 266 g/mol. The van der Waals surface area contributed by atoms with E-state index in [9.17, 15) is 0 Å². The van der Waals surface area contributed by atoms with Crippen LogP contribution >= 0.6 is 0 Å². The van der Waals surface area contributed by atoms with E-state index in [-0.39, 0.29) is 0 Å². The van der Waals surface area contributed by atoms with Crippen molar-refractivity contribution in [1.82, 2.24) is 9.78 Å². The highest BCUT2D eigenvalue weighted by Crippen LogP contribution is 2.31. The zero-order valence-corrected chi connectivity index (χ0v) is 12.5. The summed E-state index contributed by atoms with van der Waals surface area (Å²) in [6, 6.07) is 0. The van der Waals surface area contributed by atoms with Crippen LogP contribution in [-0.2, 0) is 11.8 Å². The zero-order valence-electron chi connectivity index (χ0n) is 12.5. The fourth-order valence-electron chi connectivity index (χ4n) is 2.75. The Morgan fingerprint density at radius 2 is 2.26 bits per heavy atom. The molecule has 0 radical (unpaired) electrons. The van der Waals surface area contributed by atoms with Crippen molar-refractivity contribution in [3.8, 4) is 0 Å². The number of anilines is 2. The molecule has 1 aliphatic rings. The molecule has 1 aromatic heterocycles. The summed E-state index contributed by atoms with van der Waals surface area (Å²) in [6.07, 6.45) is 2.64. The van der Waals surface area contributed by atoms with Crippen molar-refractivity contribution < 1.29 is 4.74 Å². The molecule has 0 amide bonds. The SMILES string of the molecule is CCN(CC1CCCO1)c1c(N)c(C(C)C)nn1C. The summed E-state index contributed by atoms with van der Waals surface area (Å²) in [4.78, 5) is 2.28. The molecule has 2 rings (SSSR count). The van der Waals surface area contributed by atoms with E-state index in [1.165, 1.54) is 6.42 Å². The van der Waals surface area contributed by atoms with Crippen LogP contribution in [0.5, 0.6) is 0 Å². The maximum atomic E-state index is 6.29. The Labute approximate surface area is 115 Å². The van der Waals surface area contributed by atoms with Crippen LogP contribution < -0.4 is 10.6 Å². The van der Waals surface area contributed by atoms with Crippen LogP contribution in [0.2, 0.25) is 0 Å². The van der Waals surface area contributed by atoms with Gasteiger partial charge in [0.05, 0.1) is 17.5 Å². The van der Waals surface area contributed by atoms with Gasteiger partial charge in [0, 0.05) is 26.7 Å². The molecule has 0 bridgehead atoms. The average molecular weight is 266 g/mol. The molecule has 19 heavy (non-hydrogen) atoms. The van der Waals surface area contributed by atoms with E-state index in [1.54, 1.807) is 0 Å². The predicted molar refractivity (Wildman–Crippen MR) is 78.6 cm³/mol. The molecule has 108 valence electrons. The first kappa shape index (κ1) is 14.2. The first-order valence-corrected chi connectivity index (χ1v) is 7.23. The summed E-state index contributed by atoms with van der Waals surface area (Å²) in [7, 11) is 1.97. The second kappa shape index (κ2) is 5.82. The first-order valence-electron chi connectivity index (χ1n) is 7.23. The Morgan fingerprint density at radius 3 is 2.74 bits per heavy atom. The van der Waals surface area contributed by atoms with Crippen LogP contribution in [0.4, 0.5) is 11.5 Å². The number of nitrogens with two attached hydrogens (primary N) is 1. The van der Waals surface area contributed by atoms with Gasteiger partial charge in [0.2, 0.25) is 0 Å². The molecular weight excluding hydrogens is 240 g/mol. The van der Waals surface area contributed by atoms with Crippen LogP contribution in [0.25, 0.3) is 0 Å². The van der Waals surface area contributed by atoms with Gasteiger partial charge in [-0.05, 0) is 25.7 Å². The minimum absolute atomic E-state index is 0.330. The van der Waals surface area contributed by atoms with Crippen LogP contribution in [0, 0.1) is 0 Å². The van der Waals surface area contributed by atoms with Gasteiger partial charge in [-0.25, -0.2) is 0 Å². The van der Waals surface area contributed by atoms with Crippen LogP contribution in [-0.4, -0.2) is 35.6 Å². The summed E-state index contributed by atoms with van der Waals surface area (Å²) < 4.78 is 7.63. The lowest BCUT2D eigenvalue weighted by Crippen LogP contribution is -2.33. The molecule has 0 saturated carbocycles. The number of nitrogens with zero attached hydrogens (tertiary/aromatic N) is 3. The Bertz CT molecular complexity index is 421. The summed E-state index contributed by atoms with van der Waals surface area (Å²) in [6.45, 7) is 9.10. The molecule has 2 heterocycles. The lowest BCUT2D eigenvalue weighted by Gasteiger charge is -2.26. The fraction of sp³-hybridized carbons (Fsp3) is 0.786. The molecule has 0 aliphatic carbocycles. The van der Waals surface area contributed by atoms with E-state index in [4.69, 9.17) is 10.5 Å². The minimum atomic E-state index is 0.330. The summed E-state index contributed by atoms with van der Waals surface area (Å²) >= 11 is 0. The van der Waals surface area contributed by atoms with Crippen LogP contribution in [0.1, 0.15) is 45.2 Å². The van der Waals surface area contributed by atoms with E-state index >= 15 is 0 Å². The van der Waals surface area contributed by atoms with Gasteiger partial charge in [0.25, 0.3) is 0 Å². The van der Waals surface area contributed by atoms with E-state index in [0.29, 0.717) is 12.0 Å². The van der Waals surface area contributed by atoms with Crippen LogP contribution in [0.3, 0.4) is 0 Å². The smallest absolute Gasteiger partial charge is 0.150 e. The molecule has 1 fully saturated rings. The number of likely N-dealkylation sites (N-methyl/N-ethyl adjacent to an activating group) is 1. The third kappa shape index (κ3) is 2.86. The number of hydrogen-bond donors (Lipinski definition) is 1. The molecule has 1 unspecified atom stereocenters. The van der Waals surface area contributed by atoms with Crippen molar-refractivity contribution in [2.45, 2.75) is 45.6 Å². The Kier molecular flexibility index (Phi) is 4.34. The molecule has 0 spiro atoms. The first-order chi connectivity index (χ1) is 9.04. The number of hydrogen-bond acceptors (Lipinski definition) is 4. The number of ether oxygens (including phenoxy) is 1. The molecule has 1 atom stereocenters. The van der Waals surface area contributed by atoms with Crippen molar-refractivity contribution in [1.29, 1.82) is 0 Å². The number of aryl methyl sites for hydroxylation is 1. The summed E-state index contributed by atoms with van der Waals surface area (Å²) in [5.74, 6) is 1.38. The van der Waals surface area contributed by atoms with Crippen molar-refractivity contribution >= 4 is 11.5 Å². The molecule has 0 aromatic carbocycles. The number of aromatic nitrogens is 2. The van der Waals surface area contributed by atoms with Crippen molar-refractivity contribution in [2.75, 3.05) is 30.3 Å². The molecule has 5 heteroatoms. The van der Waals surface area contributed by atoms with Gasteiger partial charge in [-0.1, -0.05) is 13.8 Å². The third-order valence-electron chi connectivity index (χ3n) is 3.76. The van der Waals surface area contributed by atoms with Crippen LogP contribution in [0.15, 0.2) is 0 Å². The summed E-state index contributed by atoms with van der Waals surface area (Å²) in [5.41, 5.74) is 8.10. The second-order valence-corrected chi connectivity index (χ2v) is 5.57. The highest BCUT2D eigenvalue weighted by Gasteiger charge is 2.24. The van der Waals surface area contributed by atoms with E-state index in [0.717, 1.165) is 43.3 Å². The van der Waals surface area contributed by atoms with E-state index in [2.05, 4.69) is 30.8 Å². The number of nitrogen functional groups attached to an aromatic ring is 1. The second-order valence-electron chi connectivity index (χ2n) is 5.57. The molecular formula is C14H26N4O. The molecule has 5 nitrogen and oxygen atoms in total. The van der Waals surface area contributed by atoms with Crippen molar-refractivity contribution in [3.63, 3.8) is 0 Å². The Hall–Kier alpha value is -1.23. The van der Waals surface area contributed by atoms with Gasteiger partial charge in [0.1, 0.15) is 0 Å². The minimum Gasteiger partial charge on any atom is -0.394 e. The van der Waals surface area contributed by atoms with Crippen molar-refractivity contribution in [2.24, 2.45) is 7.05 Å². The third-order valence-corrected chi connectivity index (χ3v) is 3.76. The predicted octanol–water partition coefficient (Wildman–Crippen LogP) is 2.13. The van der Waals surface area contributed by atoms with Gasteiger partial charge in [-0.15, -0.1) is 0 Å². The Morgan fingerprint density at radius 1 is 1.53 bits per heavy atom. The average Bonchev–Trinajstić information content (AvgIpc) is 2.95.